The molecule has 0 bridgehead atoms. The number of hydrogen-bond donors (Lipinski definition) is 0. The van der Waals surface area contributed by atoms with Gasteiger partial charge in [-0.25, -0.2) is 0 Å². The van der Waals surface area contributed by atoms with Crippen molar-refractivity contribution >= 4 is 0 Å². The summed E-state index contributed by atoms with van der Waals surface area (Å²) in [7, 11) is 0. The van der Waals surface area contributed by atoms with Gasteiger partial charge in [0, 0.05) is 19.1 Å². The maximum atomic E-state index is 2.69. The molecule has 2 heteroatoms. The Kier molecular flexibility index (Phi) is 5.49. The van der Waals surface area contributed by atoms with Crippen molar-refractivity contribution < 1.29 is 0 Å². The molecule has 0 spiro atoms. The second kappa shape index (κ2) is 6.41. The van der Waals surface area contributed by atoms with E-state index in [2.05, 4.69) is 16.7 Å². The van der Waals surface area contributed by atoms with E-state index >= 15 is 0 Å². The van der Waals surface area contributed by atoms with Gasteiger partial charge in [-0.3, -0.25) is 4.90 Å². The Morgan fingerprint density at radius 1 is 1.00 bits per heavy atom. The molecule has 0 atom stereocenters. The molecule has 2 heterocycles. The minimum absolute atomic E-state index is 0.908. The Hall–Kier alpha value is -0.0800. The van der Waals surface area contributed by atoms with Gasteiger partial charge in [-0.1, -0.05) is 27.2 Å². The van der Waals surface area contributed by atoms with Crippen molar-refractivity contribution in [2.24, 2.45) is 0 Å². The lowest BCUT2D eigenvalue weighted by atomic mass is 10.0. The topological polar surface area (TPSA) is 6.48 Å². The van der Waals surface area contributed by atoms with Crippen LogP contribution in [0.3, 0.4) is 0 Å². The van der Waals surface area contributed by atoms with E-state index in [4.69, 9.17) is 0 Å². The minimum Gasteiger partial charge on any atom is -0.300 e. The zero-order valence-corrected chi connectivity index (χ0v) is 10.1. The fourth-order valence-corrected chi connectivity index (χ4v) is 2.32. The minimum atomic E-state index is 0.908. The SMILES string of the molecule is CC.CCN1CC(N2CCCCC2)C1. The summed E-state index contributed by atoms with van der Waals surface area (Å²) < 4.78 is 0. The largest absolute Gasteiger partial charge is 0.300 e. The Morgan fingerprint density at radius 3 is 2.07 bits per heavy atom. The van der Waals surface area contributed by atoms with Crippen LogP contribution in [0, 0.1) is 0 Å². The first-order valence-corrected chi connectivity index (χ1v) is 6.36. The van der Waals surface area contributed by atoms with Gasteiger partial charge in [-0.05, 0) is 32.5 Å². The number of likely N-dealkylation sites (tertiary alicyclic amines) is 2. The molecule has 2 nitrogen and oxygen atoms in total. The molecule has 14 heavy (non-hydrogen) atoms. The smallest absolute Gasteiger partial charge is 0.0350 e. The summed E-state index contributed by atoms with van der Waals surface area (Å²) in [5.41, 5.74) is 0. The molecule has 0 aliphatic carbocycles. The first-order valence-electron chi connectivity index (χ1n) is 6.36. The van der Waals surface area contributed by atoms with Crippen molar-refractivity contribution in [3.05, 3.63) is 0 Å². The highest BCUT2D eigenvalue weighted by Gasteiger charge is 2.30. The average molecular weight is 198 g/mol. The molecule has 0 saturated carbocycles. The average Bonchev–Trinajstić information content (AvgIpc) is 2.21. The van der Waals surface area contributed by atoms with Crippen molar-refractivity contribution in [3.63, 3.8) is 0 Å². The molecule has 0 aromatic heterocycles. The van der Waals surface area contributed by atoms with Crippen LogP contribution < -0.4 is 0 Å². The van der Waals surface area contributed by atoms with Crippen LogP contribution in [0.15, 0.2) is 0 Å². The van der Waals surface area contributed by atoms with Crippen LogP contribution in [-0.2, 0) is 0 Å². The molecule has 0 aromatic rings. The van der Waals surface area contributed by atoms with Crippen LogP contribution >= 0.6 is 0 Å². The van der Waals surface area contributed by atoms with Gasteiger partial charge in [0.1, 0.15) is 0 Å². The number of hydrogen-bond acceptors (Lipinski definition) is 2. The first-order chi connectivity index (χ1) is 6.90. The van der Waals surface area contributed by atoms with Gasteiger partial charge in [0.2, 0.25) is 0 Å². The van der Waals surface area contributed by atoms with Crippen molar-refractivity contribution in [1.29, 1.82) is 0 Å². The third kappa shape index (κ3) is 2.96. The van der Waals surface area contributed by atoms with Gasteiger partial charge >= 0.3 is 0 Å². The molecule has 0 N–H and O–H groups in total. The molecule has 2 rings (SSSR count). The van der Waals surface area contributed by atoms with Gasteiger partial charge in [0.25, 0.3) is 0 Å². The zero-order chi connectivity index (χ0) is 10.4. The summed E-state index contributed by atoms with van der Waals surface area (Å²) in [6.07, 6.45) is 4.33. The Balaban J connectivity index is 0.000000461. The second-order valence-corrected chi connectivity index (χ2v) is 4.10. The maximum Gasteiger partial charge on any atom is 0.0350 e. The lowest BCUT2D eigenvalue weighted by molar-refractivity contribution is 0.0269. The Bertz CT molecular complexity index is 135. The highest BCUT2D eigenvalue weighted by atomic mass is 15.3. The lowest BCUT2D eigenvalue weighted by Gasteiger charge is -2.46. The van der Waals surface area contributed by atoms with E-state index in [-0.39, 0.29) is 0 Å². The van der Waals surface area contributed by atoms with Crippen molar-refractivity contribution in [3.8, 4) is 0 Å². The van der Waals surface area contributed by atoms with E-state index in [9.17, 15) is 0 Å². The number of rotatable bonds is 2. The standard InChI is InChI=1S/C10H20N2.C2H6/c1-2-11-8-10(9-11)12-6-4-3-5-7-12;1-2/h10H,2-9H2,1H3;1-2H3. The zero-order valence-electron chi connectivity index (χ0n) is 10.1. The summed E-state index contributed by atoms with van der Waals surface area (Å²) in [5.74, 6) is 0. The van der Waals surface area contributed by atoms with E-state index < -0.39 is 0 Å². The molecule has 0 radical (unpaired) electrons. The number of nitrogens with zero attached hydrogens (tertiary/aromatic N) is 2. The van der Waals surface area contributed by atoms with Crippen LogP contribution in [0.5, 0.6) is 0 Å². The molecule has 0 amide bonds. The normalized spacial score (nSPS) is 25.1. The van der Waals surface area contributed by atoms with Crippen molar-refractivity contribution in [2.45, 2.75) is 46.1 Å². The van der Waals surface area contributed by atoms with Gasteiger partial charge in [-0.15, -0.1) is 0 Å². The first kappa shape index (κ1) is 12.0. The maximum absolute atomic E-state index is 2.69. The van der Waals surface area contributed by atoms with E-state index in [1.54, 1.807) is 0 Å². The van der Waals surface area contributed by atoms with Gasteiger partial charge in [0.15, 0.2) is 0 Å². The van der Waals surface area contributed by atoms with Crippen molar-refractivity contribution in [1.82, 2.24) is 9.80 Å². The lowest BCUT2D eigenvalue weighted by Crippen LogP contribution is -2.59. The predicted octanol–water partition coefficient (Wildman–Crippen LogP) is 2.20. The highest BCUT2D eigenvalue weighted by Crippen LogP contribution is 2.18. The monoisotopic (exact) mass is 198 g/mol. The summed E-state index contributed by atoms with van der Waals surface area (Å²) in [6, 6.07) is 0.908. The summed E-state index contributed by atoms with van der Waals surface area (Å²) in [6.45, 7) is 12.9. The predicted molar refractivity (Wildman–Crippen MR) is 62.7 cm³/mol. The summed E-state index contributed by atoms with van der Waals surface area (Å²) >= 11 is 0. The van der Waals surface area contributed by atoms with Gasteiger partial charge < -0.3 is 4.90 Å². The molecule has 2 aliphatic rings. The second-order valence-electron chi connectivity index (χ2n) is 4.10. The van der Waals surface area contributed by atoms with E-state index in [1.165, 1.54) is 52.0 Å². The molecule has 0 aromatic carbocycles. The molecule has 0 unspecified atom stereocenters. The molecular formula is C12H26N2. The highest BCUT2D eigenvalue weighted by molar-refractivity contribution is 4.88. The number of likely N-dealkylation sites (N-methyl/N-ethyl adjacent to an activating group) is 1. The Morgan fingerprint density at radius 2 is 1.57 bits per heavy atom. The van der Waals surface area contributed by atoms with Crippen LogP contribution in [0.4, 0.5) is 0 Å². The summed E-state index contributed by atoms with van der Waals surface area (Å²) in [5, 5.41) is 0. The fourth-order valence-electron chi connectivity index (χ4n) is 2.32. The molecule has 2 saturated heterocycles. The van der Waals surface area contributed by atoms with Gasteiger partial charge in [-0.2, -0.15) is 0 Å². The van der Waals surface area contributed by atoms with Crippen LogP contribution in [0.1, 0.15) is 40.0 Å². The Labute approximate surface area is 89.3 Å². The van der Waals surface area contributed by atoms with Crippen molar-refractivity contribution in [2.75, 3.05) is 32.7 Å². The number of piperidine rings is 1. The van der Waals surface area contributed by atoms with E-state index in [1.807, 2.05) is 13.8 Å². The molecule has 2 aliphatic heterocycles. The van der Waals surface area contributed by atoms with Gasteiger partial charge in [0.05, 0.1) is 0 Å². The quantitative estimate of drug-likeness (QED) is 0.671. The third-order valence-corrected chi connectivity index (χ3v) is 3.29. The van der Waals surface area contributed by atoms with Crippen LogP contribution in [0.25, 0.3) is 0 Å². The molecule has 2 fully saturated rings. The van der Waals surface area contributed by atoms with Crippen LogP contribution in [-0.4, -0.2) is 48.6 Å². The van der Waals surface area contributed by atoms with E-state index in [0.717, 1.165) is 6.04 Å². The van der Waals surface area contributed by atoms with Crippen LogP contribution in [0.2, 0.25) is 0 Å². The summed E-state index contributed by atoms with van der Waals surface area (Å²) in [4.78, 5) is 5.22. The molecular weight excluding hydrogens is 172 g/mol. The van der Waals surface area contributed by atoms with E-state index in [0.29, 0.717) is 0 Å². The molecule has 84 valence electrons. The fraction of sp³-hybridized carbons (Fsp3) is 1.00. The third-order valence-electron chi connectivity index (χ3n) is 3.29.